The van der Waals surface area contributed by atoms with Gasteiger partial charge in [-0.05, 0) is 30.7 Å². The van der Waals surface area contributed by atoms with E-state index in [1.165, 1.54) is 7.11 Å². The van der Waals surface area contributed by atoms with E-state index in [9.17, 15) is 9.59 Å². The number of carbonyl (C=O) groups is 2. The lowest BCUT2D eigenvalue weighted by Crippen LogP contribution is -2.19. The van der Waals surface area contributed by atoms with E-state index in [0.717, 1.165) is 5.56 Å². The summed E-state index contributed by atoms with van der Waals surface area (Å²) in [5.74, 6) is 0.429. The Morgan fingerprint density at radius 1 is 0.828 bits per heavy atom. The van der Waals surface area contributed by atoms with Gasteiger partial charge in [0.15, 0.2) is 5.78 Å². The lowest BCUT2D eigenvalue weighted by Gasteiger charge is -2.16. The van der Waals surface area contributed by atoms with Gasteiger partial charge in [-0.15, -0.1) is 0 Å². The van der Waals surface area contributed by atoms with Crippen LogP contribution in [0, 0.1) is 0 Å². The molecule has 0 aliphatic rings. The zero-order chi connectivity index (χ0) is 20.8. The minimum atomic E-state index is -0.453. The van der Waals surface area contributed by atoms with Crippen LogP contribution in [0.3, 0.4) is 0 Å². The normalized spacial score (nSPS) is 11.4. The number of rotatable bonds is 7. The van der Waals surface area contributed by atoms with Crippen molar-refractivity contribution in [2.24, 2.45) is 0 Å². The highest BCUT2D eigenvalue weighted by atomic mass is 16.5. The lowest BCUT2D eigenvalue weighted by molar-refractivity contribution is -0.117. The number of hydrogen-bond acceptors (Lipinski definition) is 4. The summed E-state index contributed by atoms with van der Waals surface area (Å²) >= 11 is 0. The first kappa shape index (κ1) is 20.1. The van der Waals surface area contributed by atoms with E-state index < -0.39 is 5.92 Å². The molecule has 3 rings (SSSR count). The van der Waals surface area contributed by atoms with Crippen LogP contribution in [0.5, 0.6) is 11.5 Å². The Labute approximate surface area is 170 Å². The van der Waals surface area contributed by atoms with Crippen molar-refractivity contribution in [2.45, 2.75) is 12.8 Å². The molecule has 0 spiro atoms. The highest BCUT2D eigenvalue weighted by molar-refractivity contribution is 6.09. The molecule has 3 aromatic rings. The number of hydrogen-bond donors (Lipinski definition) is 1. The number of ketones is 1. The molecule has 148 valence electrons. The Kier molecular flexibility index (Phi) is 6.29. The van der Waals surface area contributed by atoms with E-state index in [4.69, 9.17) is 9.47 Å². The predicted octanol–water partition coefficient (Wildman–Crippen LogP) is 4.68. The number of methoxy groups -OCH3 is 2. The molecule has 0 unspecified atom stereocenters. The van der Waals surface area contributed by atoms with Gasteiger partial charge < -0.3 is 14.8 Å². The molecular weight excluding hydrogens is 366 g/mol. The zero-order valence-corrected chi connectivity index (χ0v) is 16.6. The molecule has 5 heteroatoms. The van der Waals surface area contributed by atoms with E-state index in [0.29, 0.717) is 28.3 Å². The average Bonchev–Trinajstić information content (AvgIpc) is 2.78. The molecule has 1 N–H and O–H groups in total. The molecule has 0 bridgehead atoms. The molecule has 0 fully saturated rings. The summed E-state index contributed by atoms with van der Waals surface area (Å²) in [4.78, 5) is 25.5. The fourth-order valence-electron chi connectivity index (χ4n) is 3.00. The van der Waals surface area contributed by atoms with Crippen molar-refractivity contribution < 1.29 is 19.1 Å². The Hall–Kier alpha value is -3.60. The van der Waals surface area contributed by atoms with E-state index >= 15 is 0 Å². The van der Waals surface area contributed by atoms with Crippen LogP contribution in [-0.2, 0) is 4.79 Å². The summed E-state index contributed by atoms with van der Waals surface area (Å²) in [5, 5.41) is 2.89. The van der Waals surface area contributed by atoms with Crippen molar-refractivity contribution in [3.05, 3.63) is 89.5 Å². The van der Waals surface area contributed by atoms with Crippen LogP contribution in [0.4, 0.5) is 5.69 Å². The molecule has 3 aromatic carbocycles. The van der Waals surface area contributed by atoms with Crippen LogP contribution >= 0.6 is 0 Å². The SMILES string of the molecule is COc1ccc(NC(=O)[C@@H](C)c2cccc(C(=O)c3ccccc3)c2)c(OC)c1. The zero-order valence-electron chi connectivity index (χ0n) is 16.6. The Balaban J connectivity index is 1.79. The molecule has 1 amide bonds. The maximum Gasteiger partial charge on any atom is 0.231 e. The van der Waals surface area contributed by atoms with Crippen LogP contribution in [-0.4, -0.2) is 25.9 Å². The third kappa shape index (κ3) is 4.63. The summed E-state index contributed by atoms with van der Waals surface area (Å²) in [5.41, 5.74) is 2.48. The highest BCUT2D eigenvalue weighted by Crippen LogP contribution is 2.30. The molecule has 0 radical (unpaired) electrons. The van der Waals surface area contributed by atoms with E-state index in [-0.39, 0.29) is 11.7 Å². The second-order valence-electron chi connectivity index (χ2n) is 6.60. The minimum absolute atomic E-state index is 0.0723. The van der Waals surface area contributed by atoms with E-state index in [1.54, 1.807) is 62.6 Å². The first-order valence-corrected chi connectivity index (χ1v) is 9.26. The van der Waals surface area contributed by atoms with Crippen LogP contribution in [0.15, 0.2) is 72.8 Å². The van der Waals surface area contributed by atoms with Crippen molar-refractivity contribution in [3.8, 4) is 11.5 Å². The Bertz CT molecular complexity index is 1010. The van der Waals surface area contributed by atoms with Gasteiger partial charge in [-0.1, -0.05) is 48.5 Å². The number of benzene rings is 3. The summed E-state index contributed by atoms with van der Waals surface area (Å²) in [6, 6.07) is 21.4. The molecule has 0 aromatic heterocycles. The topological polar surface area (TPSA) is 64.6 Å². The van der Waals surface area contributed by atoms with Crippen molar-refractivity contribution in [1.82, 2.24) is 0 Å². The molecule has 0 aliphatic carbocycles. The van der Waals surface area contributed by atoms with Crippen molar-refractivity contribution >= 4 is 17.4 Å². The standard InChI is InChI=1S/C24H23NO4/c1-16(24(27)25-21-13-12-20(28-2)15-22(21)29-3)18-10-7-11-19(14-18)23(26)17-8-5-4-6-9-17/h4-16H,1-3H3,(H,25,27)/t16-/m0/s1. The van der Waals surface area contributed by atoms with Gasteiger partial charge in [0, 0.05) is 17.2 Å². The number of ether oxygens (including phenoxy) is 2. The number of carbonyl (C=O) groups excluding carboxylic acids is 2. The number of amides is 1. The van der Waals surface area contributed by atoms with Gasteiger partial charge in [0.05, 0.1) is 25.8 Å². The van der Waals surface area contributed by atoms with Gasteiger partial charge in [-0.2, -0.15) is 0 Å². The second kappa shape index (κ2) is 9.06. The quantitative estimate of drug-likeness (QED) is 0.596. The molecule has 1 atom stereocenters. The molecule has 29 heavy (non-hydrogen) atoms. The third-order valence-electron chi connectivity index (χ3n) is 4.74. The van der Waals surface area contributed by atoms with Gasteiger partial charge in [0.2, 0.25) is 5.91 Å². The molecule has 0 heterocycles. The smallest absolute Gasteiger partial charge is 0.231 e. The summed E-state index contributed by atoms with van der Waals surface area (Å²) in [7, 11) is 3.10. The van der Waals surface area contributed by atoms with Gasteiger partial charge in [0.25, 0.3) is 0 Å². The maximum absolute atomic E-state index is 12.8. The van der Waals surface area contributed by atoms with Crippen LogP contribution < -0.4 is 14.8 Å². The van der Waals surface area contributed by atoms with E-state index in [2.05, 4.69) is 5.32 Å². The first-order chi connectivity index (χ1) is 14.0. The molecule has 0 saturated carbocycles. The average molecular weight is 389 g/mol. The molecular formula is C24H23NO4. The molecule has 0 aliphatic heterocycles. The maximum atomic E-state index is 12.8. The number of nitrogens with one attached hydrogen (secondary N) is 1. The fraction of sp³-hybridized carbons (Fsp3) is 0.167. The highest BCUT2D eigenvalue weighted by Gasteiger charge is 2.19. The van der Waals surface area contributed by atoms with E-state index in [1.807, 2.05) is 24.3 Å². The fourth-order valence-corrected chi connectivity index (χ4v) is 3.00. The van der Waals surface area contributed by atoms with Crippen molar-refractivity contribution in [3.63, 3.8) is 0 Å². The molecule has 5 nitrogen and oxygen atoms in total. The van der Waals surface area contributed by atoms with Crippen molar-refractivity contribution in [1.29, 1.82) is 0 Å². The van der Waals surface area contributed by atoms with Crippen molar-refractivity contribution in [2.75, 3.05) is 19.5 Å². The molecule has 0 saturated heterocycles. The van der Waals surface area contributed by atoms with Gasteiger partial charge in [0.1, 0.15) is 11.5 Å². The van der Waals surface area contributed by atoms with Crippen LogP contribution in [0.25, 0.3) is 0 Å². The Morgan fingerprint density at radius 2 is 1.55 bits per heavy atom. The monoisotopic (exact) mass is 389 g/mol. The number of anilines is 1. The van der Waals surface area contributed by atoms with Gasteiger partial charge in [-0.25, -0.2) is 0 Å². The first-order valence-electron chi connectivity index (χ1n) is 9.26. The lowest BCUT2D eigenvalue weighted by atomic mass is 9.95. The Morgan fingerprint density at radius 3 is 2.24 bits per heavy atom. The summed E-state index contributed by atoms with van der Waals surface area (Å²) in [6.07, 6.45) is 0. The summed E-state index contributed by atoms with van der Waals surface area (Å²) in [6.45, 7) is 1.80. The largest absolute Gasteiger partial charge is 0.497 e. The predicted molar refractivity (Wildman–Crippen MR) is 113 cm³/mol. The van der Waals surface area contributed by atoms with Gasteiger partial charge in [-0.3, -0.25) is 9.59 Å². The van der Waals surface area contributed by atoms with Crippen LogP contribution in [0.2, 0.25) is 0 Å². The minimum Gasteiger partial charge on any atom is -0.497 e. The van der Waals surface area contributed by atoms with Gasteiger partial charge >= 0.3 is 0 Å². The third-order valence-corrected chi connectivity index (χ3v) is 4.74. The summed E-state index contributed by atoms with van der Waals surface area (Å²) < 4.78 is 10.5. The van der Waals surface area contributed by atoms with Crippen LogP contribution in [0.1, 0.15) is 34.3 Å². The second-order valence-corrected chi connectivity index (χ2v) is 6.60.